The first-order valence-electron chi connectivity index (χ1n) is 5.30. The number of thiazole rings is 1. The van der Waals surface area contributed by atoms with Gasteiger partial charge >= 0.3 is 0 Å². The normalized spacial score (nSPS) is 12.9. The minimum Gasteiger partial charge on any atom is -0.350 e. The highest BCUT2D eigenvalue weighted by molar-refractivity contribution is 7.07. The lowest BCUT2D eigenvalue weighted by Crippen LogP contribution is -2.50. The van der Waals surface area contributed by atoms with Gasteiger partial charge in [0, 0.05) is 10.9 Å². The molecule has 0 spiro atoms. The van der Waals surface area contributed by atoms with Crippen LogP contribution >= 0.6 is 11.3 Å². The molecule has 0 bridgehead atoms. The second-order valence-corrected chi connectivity index (χ2v) is 5.53. The highest BCUT2D eigenvalue weighted by atomic mass is 32.1. The summed E-state index contributed by atoms with van der Waals surface area (Å²) < 4.78 is 0. The Hall–Kier alpha value is -1.43. The quantitative estimate of drug-likeness (QED) is 0.852. The van der Waals surface area contributed by atoms with Gasteiger partial charge in [0.15, 0.2) is 0 Å². The standard InChI is InChI=1S/C11H17N3O2S/c1-7(9(15)14-11(2,3)4)13-10(16)8-5-17-6-12-8/h5-7H,1-4H3,(H,13,16)(H,14,15). The van der Waals surface area contributed by atoms with E-state index < -0.39 is 6.04 Å². The predicted molar refractivity (Wildman–Crippen MR) is 66.9 cm³/mol. The largest absolute Gasteiger partial charge is 0.350 e. The number of hydrogen-bond donors (Lipinski definition) is 2. The first kappa shape index (κ1) is 13.6. The average molecular weight is 255 g/mol. The Bertz CT molecular complexity index is 395. The van der Waals surface area contributed by atoms with Crippen LogP contribution in [0.4, 0.5) is 0 Å². The van der Waals surface area contributed by atoms with E-state index in [0.29, 0.717) is 5.69 Å². The van der Waals surface area contributed by atoms with E-state index in [0.717, 1.165) is 0 Å². The molecule has 0 aliphatic carbocycles. The summed E-state index contributed by atoms with van der Waals surface area (Å²) in [6, 6.07) is -0.580. The van der Waals surface area contributed by atoms with Crippen molar-refractivity contribution in [3.63, 3.8) is 0 Å². The van der Waals surface area contributed by atoms with Crippen molar-refractivity contribution in [1.82, 2.24) is 15.6 Å². The Labute approximate surface area is 105 Å². The molecule has 0 aliphatic heterocycles. The zero-order valence-corrected chi connectivity index (χ0v) is 11.2. The van der Waals surface area contributed by atoms with Gasteiger partial charge in [0.1, 0.15) is 11.7 Å². The molecule has 1 aromatic heterocycles. The first-order chi connectivity index (χ1) is 7.79. The molecule has 0 fully saturated rings. The maximum Gasteiger partial charge on any atom is 0.271 e. The van der Waals surface area contributed by atoms with Crippen LogP contribution in [0.25, 0.3) is 0 Å². The van der Waals surface area contributed by atoms with E-state index >= 15 is 0 Å². The van der Waals surface area contributed by atoms with Crippen LogP contribution in [0.15, 0.2) is 10.9 Å². The van der Waals surface area contributed by atoms with E-state index in [2.05, 4.69) is 15.6 Å². The molecule has 1 heterocycles. The van der Waals surface area contributed by atoms with Crippen LogP contribution in [-0.2, 0) is 4.79 Å². The van der Waals surface area contributed by atoms with Gasteiger partial charge in [-0.2, -0.15) is 0 Å². The fourth-order valence-corrected chi connectivity index (χ4v) is 1.67. The van der Waals surface area contributed by atoms with Crippen molar-refractivity contribution in [2.24, 2.45) is 0 Å². The second-order valence-electron chi connectivity index (χ2n) is 4.81. The summed E-state index contributed by atoms with van der Waals surface area (Å²) in [7, 11) is 0. The summed E-state index contributed by atoms with van der Waals surface area (Å²) >= 11 is 1.34. The molecule has 2 amide bonds. The maximum atomic E-state index is 11.7. The summed E-state index contributed by atoms with van der Waals surface area (Å²) in [6.45, 7) is 7.31. The van der Waals surface area contributed by atoms with Gasteiger partial charge in [-0.1, -0.05) is 0 Å². The van der Waals surface area contributed by atoms with Crippen LogP contribution in [0.2, 0.25) is 0 Å². The van der Waals surface area contributed by atoms with Crippen molar-refractivity contribution in [3.8, 4) is 0 Å². The fourth-order valence-electron chi connectivity index (χ4n) is 1.14. The van der Waals surface area contributed by atoms with Gasteiger partial charge in [0.05, 0.1) is 5.51 Å². The van der Waals surface area contributed by atoms with Gasteiger partial charge < -0.3 is 10.6 Å². The number of carbonyl (C=O) groups excluding carboxylic acids is 2. The van der Waals surface area contributed by atoms with Crippen LogP contribution in [0.3, 0.4) is 0 Å². The van der Waals surface area contributed by atoms with Crippen molar-refractivity contribution >= 4 is 23.2 Å². The minimum atomic E-state index is -0.580. The van der Waals surface area contributed by atoms with Crippen molar-refractivity contribution < 1.29 is 9.59 Å². The van der Waals surface area contributed by atoms with E-state index in [4.69, 9.17) is 0 Å². The molecule has 0 radical (unpaired) electrons. The van der Waals surface area contributed by atoms with E-state index in [-0.39, 0.29) is 17.4 Å². The Balaban J connectivity index is 2.52. The van der Waals surface area contributed by atoms with Gasteiger partial charge in [-0.15, -0.1) is 11.3 Å². The molecular formula is C11H17N3O2S. The van der Waals surface area contributed by atoms with Gasteiger partial charge in [-0.05, 0) is 27.7 Å². The number of aromatic nitrogens is 1. The predicted octanol–water partition coefficient (Wildman–Crippen LogP) is 1.18. The number of amides is 2. The van der Waals surface area contributed by atoms with E-state index in [1.807, 2.05) is 20.8 Å². The van der Waals surface area contributed by atoms with Crippen LogP contribution < -0.4 is 10.6 Å². The van der Waals surface area contributed by atoms with Gasteiger partial charge in [-0.25, -0.2) is 4.98 Å². The summed E-state index contributed by atoms with van der Waals surface area (Å²) in [5.41, 5.74) is 1.61. The van der Waals surface area contributed by atoms with Gasteiger partial charge in [0.2, 0.25) is 5.91 Å². The molecule has 0 aliphatic rings. The first-order valence-corrected chi connectivity index (χ1v) is 6.25. The Morgan fingerprint density at radius 1 is 1.41 bits per heavy atom. The third-order valence-corrected chi connectivity index (χ3v) is 2.49. The summed E-state index contributed by atoms with van der Waals surface area (Å²) in [6.07, 6.45) is 0. The Kier molecular flexibility index (Phi) is 4.22. The zero-order chi connectivity index (χ0) is 13.1. The monoisotopic (exact) mass is 255 g/mol. The molecule has 1 atom stereocenters. The van der Waals surface area contributed by atoms with Crippen LogP contribution in [0.5, 0.6) is 0 Å². The highest BCUT2D eigenvalue weighted by Gasteiger charge is 2.21. The smallest absolute Gasteiger partial charge is 0.271 e. The lowest BCUT2D eigenvalue weighted by Gasteiger charge is -2.23. The molecule has 1 aromatic rings. The molecule has 94 valence electrons. The molecular weight excluding hydrogens is 238 g/mol. The molecule has 2 N–H and O–H groups in total. The summed E-state index contributed by atoms with van der Waals surface area (Å²) in [5, 5.41) is 7.04. The summed E-state index contributed by atoms with van der Waals surface area (Å²) in [4.78, 5) is 27.2. The highest BCUT2D eigenvalue weighted by Crippen LogP contribution is 2.02. The average Bonchev–Trinajstić information content (AvgIpc) is 2.67. The van der Waals surface area contributed by atoms with Crippen molar-refractivity contribution in [1.29, 1.82) is 0 Å². The zero-order valence-electron chi connectivity index (χ0n) is 10.4. The topological polar surface area (TPSA) is 71.1 Å². The van der Waals surface area contributed by atoms with Crippen molar-refractivity contribution in [3.05, 3.63) is 16.6 Å². The minimum absolute atomic E-state index is 0.207. The number of nitrogens with zero attached hydrogens (tertiary/aromatic N) is 1. The Morgan fingerprint density at radius 2 is 2.06 bits per heavy atom. The fraction of sp³-hybridized carbons (Fsp3) is 0.545. The number of nitrogens with one attached hydrogen (secondary N) is 2. The molecule has 0 saturated carbocycles. The van der Waals surface area contributed by atoms with E-state index in [1.54, 1.807) is 17.8 Å². The lowest BCUT2D eigenvalue weighted by molar-refractivity contribution is -0.124. The lowest BCUT2D eigenvalue weighted by atomic mass is 10.1. The van der Waals surface area contributed by atoms with Crippen LogP contribution in [0, 0.1) is 0 Å². The molecule has 5 nitrogen and oxygen atoms in total. The third-order valence-electron chi connectivity index (χ3n) is 1.90. The van der Waals surface area contributed by atoms with E-state index in [9.17, 15) is 9.59 Å². The Morgan fingerprint density at radius 3 is 2.53 bits per heavy atom. The SMILES string of the molecule is CC(NC(=O)c1cscn1)C(=O)NC(C)(C)C. The molecule has 0 saturated heterocycles. The van der Waals surface area contributed by atoms with E-state index in [1.165, 1.54) is 11.3 Å². The van der Waals surface area contributed by atoms with Crippen molar-refractivity contribution in [2.75, 3.05) is 0 Å². The van der Waals surface area contributed by atoms with Gasteiger partial charge in [-0.3, -0.25) is 9.59 Å². The maximum absolute atomic E-state index is 11.7. The van der Waals surface area contributed by atoms with Crippen LogP contribution in [-0.4, -0.2) is 28.4 Å². The third kappa shape index (κ3) is 4.52. The molecule has 6 heteroatoms. The number of rotatable bonds is 3. The van der Waals surface area contributed by atoms with Crippen LogP contribution in [0.1, 0.15) is 38.2 Å². The number of hydrogen-bond acceptors (Lipinski definition) is 4. The molecule has 1 rings (SSSR count). The summed E-state index contributed by atoms with van der Waals surface area (Å²) in [5.74, 6) is -0.538. The van der Waals surface area contributed by atoms with Crippen molar-refractivity contribution in [2.45, 2.75) is 39.3 Å². The van der Waals surface area contributed by atoms with Gasteiger partial charge in [0.25, 0.3) is 5.91 Å². The number of carbonyl (C=O) groups is 2. The molecule has 1 unspecified atom stereocenters. The molecule has 0 aromatic carbocycles. The second kappa shape index (κ2) is 5.27. The molecule has 17 heavy (non-hydrogen) atoms.